The van der Waals surface area contributed by atoms with E-state index in [9.17, 15) is 9.18 Å². The van der Waals surface area contributed by atoms with Crippen LogP contribution < -0.4 is 0 Å². The largest absolute Gasteiger partial charge is 0.341 e. The zero-order valence-electron chi connectivity index (χ0n) is 11.9. The molecule has 0 radical (unpaired) electrons. The number of nitrogens with zero attached hydrogens (tertiary/aromatic N) is 4. The second kappa shape index (κ2) is 5.63. The van der Waals surface area contributed by atoms with E-state index in [1.54, 1.807) is 18.1 Å². The average Bonchev–Trinajstić information content (AvgIpc) is 2.94. The first-order chi connectivity index (χ1) is 10.1. The van der Waals surface area contributed by atoms with E-state index in [4.69, 9.17) is 0 Å². The summed E-state index contributed by atoms with van der Waals surface area (Å²) in [5.41, 5.74) is 0.0756. The van der Waals surface area contributed by atoms with Gasteiger partial charge in [-0.05, 0) is 18.4 Å². The topological polar surface area (TPSA) is 51.0 Å². The predicted molar refractivity (Wildman–Crippen MR) is 75.2 cm³/mol. The van der Waals surface area contributed by atoms with Crippen LogP contribution in [-0.4, -0.2) is 38.9 Å². The zero-order valence-corrected chi connectivity index (χ0v) is 11.9. The summed E-state index contributed by atoms with van der Waals surface area (Å²) in [6.07, 6.45) is 8.18. The van der Waals surface area contributed by atoms with Crippen molar-refractivity contribution >= 4 is 5.91 Å². The first-order valence-corrected chi connectivity index (χ1v) is 7.00. The van der Waals surface area contributed by atoms with Crippen molar-refractivity contribution in [2.45, 2.75) is 19.4 Å². The molecule has 1 atom stereocenters. The van der Waals surface area contributed by atoms with Crippen molar-refractivity contribution in [3.8, 4) is 0 Å². The first kappa shape index (κ1) is 13.7. The van der Waals surface area contributed by atoms with Gasteiger partial charge < -0.3 is 9.47 Å². The number of hydrogen-bond donors (Lipinski definition) is 0. The Labute approximate surface area is 122 Å². The number of imidazole rings is 1. The summed E-state index contributed by atoms with van der Waals surface area (Å²) in [4.78, 5) is 21.8. The van der Waals surface area contributed by atoms with E-state index in [2.05, 4.69) is 14.5 Å². The highest BCUT2D eigenvalue weighted by atomic mass is 19.1. The highest BCUT2D eigenvalue weighted by Crippen LogP contribution is 2.20. The Balaban J connectivity index is 1.66. The Kier molecular flexibility index (Phi) is 3.68. The number of amides is 1. The molecule has 2 aromatic heterocycles. The number of fused-ring (bicyclic) bond motifs is 1. The highest BCUT2D eigenvalue weighted by molar-refractivity contribution is 5.94. The molecule has 0 aliphatic carbocycles. The molecule has 21 heavy (non-hydrogen) atoms. The highest BCUT2D eigenvalue weighted by Gasteiger charge is 2.23. The third-order valence-corrected chi connectivity index (χ3v) is 3.91. The number of aromatic nitrogens is 3. The molecular formula is C15H17FN4O. The maximum absolute atomic E-state index is 13.6. The molecule has 0 N–H and O–H groups in total. The normalized spacial score (nSPS) is 17.3. The lowest BCUT2D eigenvalue weighted by molar-refractivity contribution is 0.0755. The number of aryl methyl sites for hydroxylation is 1. The standard InChI is InChI=1S/C15H17FN4O/c1-19(15(21)12-4-5-17-8-13(12)16)9-11-2-3-14-18-6-7-20(14)10-11/h4-8,11H,2-3,9-10H2,1H3/t11-/m0/s1. The maximum atomic E-state index is 13.6. The molecule has 1 amide bonds. The van der Waals surface area contributed by atoms with E-state index in [1.165, 1.54) is 12.3 Å². The van der Waals surface area contributed by atoms with E-state index in [0.29, 0.717) is 12.5 Å². The van der Waals surface area contributed by atoms with E-state index < -0.39 is 5.82 Å². The lowest BCUT2D eigenvalue weighted by Gasteiger charge is -2.28. The lowest BCUT2D eigenvalue weighted by atomic mass is 9.98. The van der Waals surface area contributed by atoms with Gasteiger partial charge in [-0.2, -0.15) is 0 Å². The molecule has 110 valence electrons. The fourth-order valence-electron chi connectivity index (χ4n) is 2.81. The van der Waals surface area contributed by atoms with Gasteiger partial charge >= 0.3 is 0 Å². The second-order valence-corrected chi connectivity index (χ2v) is 5.44. The van der Waals surface area contributed by atoms with Crippen molar-refractivity contribution in [2.24, 2.45) is 5.92 Å². The van der Waals surface area contributed by atoms with E-state index >= 15 is 0 Å². The molecule has 0 saturated heterocycles. The van der Waals surface area contributed by atoms with Crippen molar-refractivity contribution in [3.63, 3.8) is 0 Å². The Hall–Kier alpha value is -2.24. The predicted octanol–water partition coefficient (Wildman–Crippen LogP) is 1.75. The van der Waals surface area contributed by atoms with Crippen LogP contribution in [0.2, 0.25) is 0 Å². The fraction of sp³-hybridized carbons (Fsp3) is 0.400. The summed E-state index contributed by atoms with van der Waals surface area (Å²) in [5.74, 6) is 0.590. The molecule has 6 heteroatoms. The van der Waals surface area contributed by atoms with E-state index in [0.717, 1.165) is 31.4 Å². The molecule has 0 fully saturated rings. The van der Waals surface area contributed by atoms with Crippen LogP contribution in [0.15, 0.2) is 30.9 Å². The van der Waals surface area contributed by atoms with Crippen LogP contribution in [0.3, 0.4) is 0 Å². The van der Waals surface area contributed by atoms with Crippen molar-refractivity contribution in [2.75, 3.05) is 13.6 Å². The van der Waals surface area contributed by atoms with Crippen LogP contribution in [0.25, 0.3) is 0 Å². The third-order valence-electron chi connectivity index (χ3n) is 3.91. The van der Waals surface area contributed by atoms with Gasteiger partial charge in [0.2, 0.25) is 0 Å². The summed E-state index contributed by atoms with van der Waals surface area (Å²) < 4.78 is 15.7. The molecule has 0 saturated carbocycles. The van der Waals surface area contributed by atoms with Crippen molar-refractivity contribution < 1.29 is 9.18 Å². The molecule has 1 aliphatic heterocycles. The van der Waals surface area contributed by atoms with E-state index in [1.807, 2.05) is 6.20 Å². The van der Waals surface area contributed by atoms with Gasteiger partial charge in [-0.25, -0.2) is 9.37 Å². The molecule has 0 bridgehead atoms. The monoisotopic (exact) mass is 288 g/mol. The molecule has 0 aromatic carbocycles. The SMILES string of the molecule is CN(C[C@@H]1CCc2nccn2C1)C(=O)c1ccncc1F. The van der Waals surface area contributed by atoms with E-state index in [-0.39, 0.29) is 11.5 Å². The summed E-state index contributed by atoms with van der Waals surface area (Å²) in [7, 11) is 1.71. The zero-order chi connectivity index (χ0) is 14.8. The average molecular weight is 288 g/mol. The van der Waals surface area contributed by atoms with Gasteiger partial charge in [0, 0.05) is 45.1 Å². The Morgan fingerprint density at radius 3 is 3.19 bits per heavy atom. The Bertz CT molecular complexity index is 655. The minimum absolute atomic E-state index is 0.0756. The summed E-state index contributed by atoms with van der Waals surface area (Å²) in [6, 6.07) is 1.42. The van der Waals surface area contributed by atoms with Crippen LogP contribution in [0.5, 0.6) is 0 Å². The van der Waals surface area contributed by atoms with Gasteiger partial charge in [-0.15, -0.1) is 0 Å². The molecule has 0 spiro atoms. The molecule has 1 aliphatic rings. The third kappa shape index (κ3) is 2.79. The first-order valence-electron chi connectivity index (χ1n) is 7.00. The molecule has 5 nitrogen and oxygen atoms in total. The molecule has 2 aromatic rings. The smallest absolute Gasteiger partial charge is 0.256 e. The van der Waals surface area contributed by atoms with Crippen molar-refractivity contribution in [1.82, 2.24) is 19.4 Å². The quantitative estimate of drug-likeness (QED) is 0.864. The van der Waals surface area contributed by atoms with Crippen LogP contribution >= 0.6 is 0 Å². The second-order valence-electron chi connectivity index (χ2n) is 5.44. The van der Waals surface area contributed by atoms with Crippen LogP contribution in [0.1, 0.15) is 22.6 Å². The molecule has 3 rings (SSSR count). The summed E-state index contributed by atoms with van der Waals surface area (Å²) >= 11 is 0. The summed E-state index contributed by atoms with van der Waals surface area (Å²) in [6.45, 7) is 1.46. The number of rotatable bonds is 3. The fourth-order valence-corrected chi connectivity index (χ4v) is 2.81. The number of pyridine rings is 1. The number of hydrogen-bond acceptors (Lipinski definition) is 3. The van der Waals surface area contributed by atoms with Crippen molar-refractivity contribution in [3.05, 3.63) is 48.1 Å². The van der Waals surface area contributed by atoms with Crippen LogP contribution in [-0.2, 0) is 13.0 Å². The van der Waals surface area contributed by atoms with Gasteiger partial charge in [0.25, 0.3) is 5.91 Å². The molecule has 0 unspecified atom stereocenters. The van der Waals surface area contributed by atoms with Gasteiger partial charge in [0.15, 0.2) is 5.82 Å². The Morgan fingerprint density at radius 1 is 1.52 bits per heavy atom. The van der Waals surface area contributed by atoms with Crippen LogP contribution in [0, 0.1) is 11.7 Å². The Morgan fingerprint density at radius 2 is 2.38 bits per heavy atom. The number of carbonyl (C=O) groups excluding carboxylic acids is 1. The molecular weight excluding hydrogens is 271 g/mol. The summed E-state index contributed by atoms with van der Waals surface area (Å²) in [5, 5.41) is 0. The van der Waals surface area contributed by atoms with Gasteiger partial charge in [-0.1, -0.05) is 0 Å². The van der Waals surface area contributed by atoms with Crippen LogP contribution in [0.4, 0.5) is 4.39 Å². The number of halogens is 1. The van der Waals surface area contributed by atoms with Crippen molar-refractivity contribution in [1.29, 1.82) is 0 Å². The minimum atomic E-state index is -0.574. The number of carbonyl (C=O) groups is 1. The minimum Gasteiger partial charge on any atom is -0.341 e. The van der Waals surface area contributed by atoms with Gasteiger partial charge in [0.05, 0.1) is 11.8 Å². The maximum Gasteiger partial charge on any atom is 0.256 e. The lowest BCUT2D eigenvalue weighted by Crippen LogP contribution is -2.35. The molecule has 3 heterocycles. The van der Waals surface area contributed by atoms with Gasteiger partial charge in [0.1, 0.15) is 5.82 Å². The van der Waals surface area contributed by atoms with Gasteiger partial charge in [-0.3, -0.25) is 9.78 Å².